The molecule has 0 bridgehead atoms. The first-order chi connectivity index (χ1) is 7.38. The van der Waals surface area contributed by atoms with Gasteiger partial charge in [-0.15, -0.1) is 0 Å². The van der Waals surface area contributed by atoms with Crippen LogP contribution in [0.4, 0.5) is 0 Å². The molecular formula is C7H10N6O2S. The van der Waals surface area contributed by atoms with E-state index in [0.717, 1.165) is 5.69 Å². The Balaban J connectivity index is 2.51. The summed E-state index contributed by atoms with van der Waals surface area (Å²) in [6.07, 6.45) is 0. The number of hydrogen-bond acceptors (Lipinski definition) is 5. The molecule has 0 amide bonds. The van der Waals surface area contributed by atoms with Crippen LogP contribution in [0.1, 0.15) is 5.69 Å². The van der Waals surface area contributed by atoms with Crippen LogP contribution in [0.3, 0.4) is 0 Å². The van der Waals surface area contributed by atoms with E-state index in [2.05, 4.69) is 20.3 Å². The van der Waals surface area contributed by atoms with Crippen LogP contribution in [0.15, 0.2) is 11.2 Å². The van der Waals surface area contributed by atoms with Gasteiger partial charge in [0.05, 0.1) is 5.69 Å². The summed E-state index contributed by atoms with van der Waals surface area (Å²) in [7, 11) is -2.14. The fourth-order valence-electron chi connectivity index (χ4n) is 1.31. The molecule has 2 aromatic heterocycles. The molecule has 0 fully saturated rings. The Morgan fingerprint density at radius 1 is 1.50 bits per heavy atom. The summed E-state index contributed by atoms with van der Waals surface area (Å²) in [6.45, 7) is 1.82. The first-order valence-electron chi connectivity index (χ1n) is 4.34. The maximum atomic E-state index is 11.0. The lowest BCUT2D eigenvalue weighted by atomic mass is 10.3. The zero-order valence-corrected chi connectivity index (χ0v) is 9.48. The fourth-order valence-corrected chi connectivity index (χ4v) is 1.70. The summed E-state index contributed by atoms with van der Waals surface area (Å²) in [5.41, 5.74) is 1.41. The predicted molar refractivity (Wildman–Crippen MR) is 54.7 cm³/mol. The quantitative estimate of drug-likeness (QED) is 0.711. The molecule has 8 nitrogen and oxygen atoms in total. The van der Waals surface area contributed by atoms with Gasteiger partial charge in [-0.1, -0.05) is 0 Å². The molecular weight excluding hydrogens is 232 g/mol. The van der Waals surface area contributed by atoms with Gasteiger partial charge in [0.25, 0.3) is 15.2 Å². The molecule has 0 atom stereocenters. The van der Waals surface area contributed by atoms with Gasteiger partial charge in [-0.3, -0.25) is 4.68 Å². The maximum Gasteiger partial charge on any atom is 0.273 e. The Morgan fingerprint density at radius 2 is 2.19 bits per heavy atom. The second kappa shape index (κ2) is 3.39. The van der Waals surface area contributed by atoms with Gasteiger partial charge in [0.15, 0.2) is 5.82 Å². The number of aromatic nitrogens is 5. The molecule has 2 aromatic rings. The second-order valence-electron chi connectivity index (χ2n) is 3.30. The number of aryl methyl sites for hydroxylation is 2. The van der Waals surface area contributed by atoms with E-state index < -0.39 is 10.0 Å². The van der Waals surface area contributed by atoms with Crippen molar-refractivity contribution >= 4 is 10.0 Å². The molecule has 0 radical (unpaired) electrons. The van der Waals surface area contributed by atoms with Crippen molar-refractivity contribution in [3.8, 4) is 11.5 Å². The topological polar surface area (TPSA) is 120 Å². The third-order valence-corrected chi connectivity index (χ3v) is 2.69. The van der Waals surface area contributed by atoms with Gasteiger partial charge in [-0.25, -0.2) is 18.7 Å². The highest BCUT2D eigenvalue weighted by Gasteiger charge is 2.17. The van der Waals surface area contributed by atoms with E-state index in [9.17, 15) is 8.42 Å². The largest absolute Gasteiger partial charge is 0.273 e. The standard InChI is InChI=1S/C7H10N6O2S/c1-4-3-5(13(2)12-4)6-9-7(11-10-6)16(8,14)15/h3H,1-2H3,(H2,8,14,15)(H,9,10,11). The highest BCUT2D eigenvalue weighted by Crippen LogP contribution is 2.15. The molecule has 0 aliphatic rings. The SMILES string of the molecule is Cc1cc(-c2n[nH]c(S(N)(=O)=O)n2)n(C)n1. The number of H-pyrrole nitrogens is 1. The van der Waals surface area contributed by atoms with E-state index in [1.165, 1.54) is 0 Å². The zero-order chi connectivity index (χ0) is 11.9. The molecule has 0 saturated carbocycles. The highest BCUT2D eigenvalue weighted by molar-refractivity contribution is 7.89. The molecule has 0 saturated heterocycles. The van der Waals surface area contributed by atoms with Crippen LogP contribution in [0.25, 0.3) is 11.5 Å². The monoisotopic (exact) mass is 242 g/mol. The molecule has 9 heteroatoms. The smallest absolute Gasteiger partial charge is 0.264 e. The molecule has 86 valence electrons. The first kappa shape index (κ1) is 10.8. The second-order valence-corrected chi connectivity index (χ2v) is 4.78. The Hall–Kier alpha value is -1.74. The van der Waals surface area contributed by atoms with Gasteiger partial charge in [-0.05, 0) is 13.0 Å². The molecule has 2 heterocycles. The molecule has 0 spiro atoms. The van der Waals surface area contributed by atoms with Gasteiger partial charge in [0.2, 0.25) is 0 Å². The zero-order valence-electron chi connectivity index (χ0n) is 8.67. The van der Waals surface area contributed by atoms with Gasteiger partial charge in [-0.2, -0.15) is 15.2 Å². The van der Waals surface area contributed by atoms with Crippen molar-refractivity contribution in [1.29, 1.82) is 0 Å². The number of nitrogens with one attached hydrogen (secondary N) is 1. The van der Waals surface area contributed by atoms with Crippen LogP contribution < -0.4 is 5.14 Å². The van der Waals surface area contributed by atoms with E-state index in [1.54, 1.807) is 17.8 Å². The van der Waals surface area contributed by atoms with E-state index in [0.29, 0.717) is 5.69 Å². The normalized spacial score (nSPS) is 11.9. The summed E-state index contributed by atoms with van der Waals surface area (Å²) in [4.78, 5) is 3.79. The lowest BCUT2D eigenvalue weighted by Crippen LogP contribution is -2.13. The number of hydrogen-bond donors (Lipinski definition) is 2. The van der Waals surface area contributed by atoms with Crippen molar-refractivity contribution < 1.29 is 8.42 Å². The van der Waals surface area contributed by atoms with Crippen LogP contribution in [0.2, 0.25) is 0 Å². The molecule has 0 aliphatic heterocycles. The van der Waals surface area contributed by atoms with Crippen LogP contribution in [0, 0.1) is 6.92 Å². The highest BCUT2D eigenvalue weighted by atomic mass is 32.2. The summed E-state index contributed by atoms with van der Waals surface area (Å²) in [5, 5.41) is 14.7. The van der Waals surface area contributed by atoms with E-state index in [-0.39, 0.29) is 11.0 Å². The Labute approximate surface area is 91.5 Å². The summed E-state index contributed by atoms with van der Waals surface area (Å²) >= 11 is 0. The van der Waals surface area contributed by atoms with Crippen LogP contribution in [-0.4, -0.2) is 33.4 Å². The maximum absolute atomic E-state index is 11.0. The summed E-state index contributed by atoms with van der Waals surface area (Å²) in [5.74, 6) is 0.243. The third-order valence-electron chi connectivity index (χ3n) is 1.97. The number of aromatic amines is 1. The minimum absolute atomic E-state index is 0.243. The lowest BCUT2D eigenvalue weighted by molar-refractivity contribution is 0.589. The number of nitrogens with two attached hydrogens (primary N) is 1. The number of nitrogens with zero attached hydrogens (tertiary/aromatic N) is 4. The molecule has 0 aliphatic carbocycles. The van der Waals surface area contributed by atoms with Gasteiger partial charge < -0.3 is 0 Å². The number of sulfonamides is 1. The minimum atomic E-state index is -3.85. The van der Waals surface area contributed by atoms with Crippen molar-refractivity contribution in [2.45, 2.75) is 12.1 Å². The van der Waals surface area contributed by atoms with Gasteiger partial charge in [0, 0.05) is 7.05 Å². The first-order valence-corrected chi connectivity index (χ1v) is 5.89. The Kier molecular flexibility index (Phi) is 2.28. The number of rotatable bonds is 2. The van der Waals surface area contributed by atoms with Crippen LogP contribution >= 0.6 is 0 Å². The predicted octanol–water partition coefficient (Wildman–Crippen LogP) is -0.839. The molecule has 3 N–H and O–H groups in total. The van der Waals surface area contributed by atoms with Crippen molar-refractivity contribution in [1.82, 2.24) is 25.0 Å². The Bertz CT molecular complexity index is 625. The van der Waals surface area contributed by atoms with Crippen molar-refractivity contribution in [3.05, 3.63) is 11.8 Å². The average Bonchev–Trinajstić information content (AvgIpc) is 2.70. The Morgan fingerprint density at radius 3 is 2.62 bits per heavy atom. The van der Waals surface area contributed by atoms with Crippen molar-refractivity contribution in [2.24, 2.45) is 12.2 Å². The van der Waals surface area contributed by atoms with E-state index >= 15 is 0 Å². The average molecular weight is 242 g/mol. The molecule has 2 rings (SSSR count). The fraction of sp³-hybridized carbons (Fsp3) is 0.286. The number of primary sulfonamides is 1. The van der Waals surface area contributed by atoms with Crippen molar-refractivity contribution in [3.63, 3.8) is 0 Å². The van der Waals surface area contributed by atoms with E-state index in [1.807, 2.05) is 6.92 Å². The summed E-state index contributed by atoms with van der Waals surface area (Å²) in [6, 6.07) is 1.75. The van der Waals surface area contributed by atoms with Crippen LogP contribution in [-0.2, 0) is 17.1 Å². The molecule has 0 unspecified atom stereocenters. The van der Waals surface area contributed by atoms with Crippen LogP contribution in [0.5, 0.6) is 0 Å². The van der Waals surface area contributed by atoms with Gasteiger partial charge >= 0.3 is 0 Å². The lowest BCUT2D eigenvalue weighted by Gasteiger charge is -1.93. The van der Waals surface area contributed by atoms with Gasteiger partial charge in [0.1, 0.15) is 5.69 Å². The molecule has 16 heavy (non-hydrogen) atoms. The van der Waals surface area contributed by atoms with Crippen molar-refractivity contribution in [2.75, 3.05) is 0 Å². The third kappa shape index (κ3) is 1.82. The molecule has 0 aromatic carbocycles. The minimum Gasteiger partial charge on any atom is -0.264 e. The summed E-state index contributed by atoms with van der Waals surface area (Å²) < 4.78 is 23.5. The van der Waals surface area contributed by atoms with E-state index in [4.69, 9.17) is 5.14 Å².